The zero-order valence-corrected chi connectivity index (χ0v) is 14.4. The third-order valence-electron chi connectivity index (χ3n) is 3.82. The molecule has 0 unspecified atom stereocenters. The molecule has 0 bridgehead atoms. The summed E-state index contributed by atoms with van der Waals surface area (Å²) in [5, 5.41) is 2.29. The first kappa shape index (κ1) is 15.8. The van der Waals surface area contributed by atoms with Gasteiger partial charge in [-0.05, 0) is 47.5 Å². The molecule has 3 aromatic rings. The first-order valence-electron chi connectivity index (χ1n) is 7.13. The minimum absolute atomic E-state index is 0.112. The summed E-state index contributed by atoms with van der Waals surface area (Å²) in [5.41, 5.74) is 1.52. The number of rotatable bonds is 3. The topological polar surface area (TPSA) is 37.4 Å². The number of hydrogen-bond acceptors (Lipinski definition) is 2. The second kappa shape index (κ2) is 5.87. The molecule has 0 saturated heterocycles. The molecule has 0 spiro atoms. The van der Waals surface area contributed by atoms with Crippen molar-refractivity contribution in [3.8, 4) is 0 Å². The van der Waals surface area contributed by atoms with Gasteiger partial charge in [-0.1, -0.05) is 48.0 Å². The zero-order chi connectivity index (χ0) is 16.6. The van der Waals surface area contributed by atoms with E-state index in [1.54, 1.807) is 24.3 Å². The third kappa shape index (κ3) is 2.92. The Kier molecular flexibility index (Phi) is 4.04. The minimum Gasteiger partial charge on any atom is -0.269 e. The van der Waals surface area contributed by atoms with Crippen LogP contribution < -0.4 is 4.31 Å². The van der Waals surface area contributed by atoms with E-state index >= 15 is 0 Å². The van der Waals surface area contributed by atoms with Gasteiger partial charge in [0.15, 0.2) is 0 Å². The molecular formula is C18H16ClNO2S. The van der Waals surface area contributed by atoms with E-state index in [4.69, 9.17) is 11.6 Å². The van der Waals surface area contributed by atoms with Gasteiger partial charge in [-0.3, -0.25) is 4.31 Å². The number of halogens is 1. The second-order valence-corrected chi connectivity index (χ2v) is 7.78. The third-order valence-corrected chi connectivity index (χ3v) is 6.09. The number of sulfonamides is 1. The standard InChI is InChI=1S/C18H16ClNO2S/c1-13-7-10-18(17(19)11-13)23(21,22)20(2)16-9-8-14-5-3-4-6-15(14)12-16/h3-12H,1-2H3. The number of nitrogens with zero attached hydrogens (tertiary/aromatic N) is 1. The maximum absolute atomic E-state index is 12.8. The summed E-state index contributed by atoms with van der Waals surface area (Å²) in [6.07, 6.45) is 0. The van der Waals surface area contributed by atoms with Crippen molar-refractivity contribution >= 4 is 38.1 Å². The molecule has 0 amide bonds. The molecule has 0 radical (unpaired) electrons. The van der Waals surface area contributed by atoms with E-state index in [2.05, 4.69) is 0 Å². The summed E-state index contributed by atoms with van der Waals surface area (Å²) in [7, 11) is -2.17. The Morgan fingerprint density at radius 2 is 1.61 bits per heavy atom. The van der Waals surface area contributed by atoms with Crippen LogP contribution in [0, 0.1) is 6.92 Å². The van der Waals surface area contributed by atoms with Crippen molar-refractivity contribution in [3.63, 3.8) is 0 Å². The number of hydrogen-bond donors (Lipinski definition) is 0. The molecular weight excluding hydrogens is 330 g/mol. The highest BCUT2D eigenvalue weighted by Gasteiger charge is 2.24. The van der Waals surface area contributed by atoms with Gasteiger partial charge in [-0.15, -0.1) is 0 Å². The van der Waals surface area contributed by atoms with E-state index in [0.29, 0.717) is 5.69 Å². The average molecular weight is 346 g/mol. The van der Waals surface area contributed by atoms with E-state index < -0.39 is 10.0 Å². The molecule has 0 fully saturated rings. The molecule has 0 aliphatic rings. The second-order valence-electron chi connectivity index (χ2n) is 5.44. The van der Waals surface area contributed by atoms with Crippen LogP contribution in [-0.2, 0) is 10.0 Å². The van der Waals surface area contributed by atoms with Crippen LogP contribution in [0.25, 0.3) is 10.8 Å². The molecule has 0 aliphatic carbocycles. The van der Waals surface area contributed by atoms with Crippen molar-refractivity contribution in [2.24, 2.45) is 0 Å². The number of fused-ring (bicyclic) bond motifs is 1. The first-order valence-corrected chi connectivity index (χ1v) is 8.95. The predicted octanol–water partition coefficient (Wildman–Crippen LogP) is 4.63. The lowest BCUT2D eigenvalue weighted by atomic mass is 10.1. The highest BCUT2D eigenvalue weighted by molar-refractivity contribution is 7.93. The molecule has 3 nitrogen and oxygen atoms in total. The van der Waals surface area contributed by atoms with Gasteiger partial charge in [0.25, 0.3) is 10.0 Å². The lowest BCUT2D eigenvalue weighted by molar-refractivity contribution is 0.594. The highest BCUT2D eigenvalue weighted by atomic mass is 35.5. The van der Waals surface area contributed by atoms with Gasteiger partial charge in [0.05, 0.1) is 10.7 Å². The van der Waals surface area contributed by atoms with Crippen LogP contribution in [0.5, 0.6) is 0 Å². The number of aryl methyl sites for hydroxylation is 1. The summed E-state index contributed by atoms with van der Waals surface area (Å²) in [5.74, 6) is 0. The number of anilines is 1. The lowest BCUT2D eigenvalue weighted by Gasteiger charge is -2.20. The monoisotopic (exact) mass is 345 g/mol. The molecule has 0 N–H and O–H groups in total. The molecule has 0 atom stereocenters. The Morgan fingerprint density at radius 1 is 0.913 bits per heavy atom. The SMILES string of the molecule is Cc1ccc(S(=O)(=O)N(C)c2ccc3ccccc3c2)c(Cl)c1. The van der Waals surface area contributed by atoms with Gasteiger partial charge in [0, 0.05) is 7.05 Å². The van der Waals surface area contributed by atoms with Crippen molar-refractivity contribution < 1.29 is 8.42 Å². The van der Waals surface area contributed by atoms with E-state index in [0.717, 1.165) is 16.3 Å². The molecule has 0 aromatic heterocycles. The maximum Gasteiger partial charge on any atom is 0.265 e. The van der Waals surface area contributed by atoms with Crippen LogP contribution in [0.3, 0.4) is 0 Å². The summed E-state index contributed by atoms with van der Waals surface area (Å²) < 4.78 is 26.9. The summed E-state index contributed by atoms with van der Waals surface area (Å²) in [4.78, 5) is 0.112. The van der Waals surface area contributed by atoms with Crippen LogP contribution in [0.1, 0.15) is 5.56 Å². The maximum atomic E-state index is 12.8. The fourth-order valence-electron chi connectivity index (χ4n) is 2.47. The van der Waals surface area contributed by atoms with Crippen molar-refractivity contribution in [1.29, 1.82) is 0 Å². The summed E-state index contributed by atoms with van der Waals surface area (Å²) in [6.45, 7) is 1.87. The van der Waals surface area contributed by atoms with Crippen LogP contribution >= 0.6 is 11.6 Å². The fourth-order valence-corrected chi connectivity index (χ4v) is 4.23. The molecule has 0 heterocycles. The van der Waals surface area contributed by atoms with Crippen LogP contribution in [0.15, 0.2) is 65.6 Å². The van der Waals surface area contributed by atoms with E-state index in [-0.39, 0.29) is 9.92 Å². The van der Waals surface area contributed by atoms with E-state index in [1.165, 1.54) is 11.4 Å². The molecule has 3 rings (SSSR count). The van der Waals surface area contributed by atoms with Gasteiger partial charge < -0.3 is 0 Å². The molecule has 0 saturated carbocycles. The Balaban J connectivity index is 2.07. The molecule has 3 aromatic carbocycles. The van der Waals surface area contributed by atoms with Crippen LogP contribution in [0.2, 0.25) is 5.02 Å². The van der Waals surface area contributed by atoms with E-state index in [1.807, 2.05) is 43.3 Å². The molecule has 0 aliphatic heterocycles. The largest absolute Gasteiger partial charge is 0.269 e. The Labute approximate surface area is 141 Å². The van der Waals surface area contributed by atoms with Crippen molar-refractivity contribution in [2.75, 3.05) is 11.4 Å². The quantitative estimate of drug-likeness (QED) is 0.694. The molecule has 5 heteroatoms. The fraction of sp³-hybridized carbons (Fsp3) is 0.111. The minimum atomic E-state index is -3.71. The first-order chi connectivity index (χ1) is 10.9. The smallest absolute Gasteiger partial charge is 0.265 e. The van der Waals surface area contributed by atoms with E-state index in [9.17, 15) is 8.42 Å². The Morgan fingerprint density at radius 3 is 2.30 bits per heavy atom. The predicted molar refractivity (Wildman–Crippen MR) is 95.7 cm³/mol. The van der Waals surface area contributed by atoms with Crippen molar-refractivity contribution in [3.05, 3.63) is 71.2 Å². The Hall–Kier alpha value is -2.04. The lowest BCUT2D eigenvalue weighted by Crippen LogP contribution is -2.26. The molecule has 118 valence electrons. The Bertz CT molecular complexity index is 983. The van der Waals surface area contributed by atoms with Gasteiger partial charge in [0.2, 0.25) is 0 Å². The van der Waals surface area contributed by atoms with Crippen LogP contribution in [0.4, 0.5) is 5.69 Å². The van der Waals surface area contributed by atoms with Crippen LogP contribution in [-0.4, -0.2) is 15.5 Å². The number of benzene rings is 3. The van der Waals surface area contributed by atoms with Crippen molar-refractivity contribution in [1.82, 2.24) is 0 Å². The highest BCUT2D eigenvalue weighted by Crippen LogP contribution is 2.29. The van der Waals surface area contributed by atoms with Gasteiger partial charge >= 0.3 is 0 Å². The summed E-state index contributed by atoms with van der Waals surface area (Å²) >= 11 is 6.13. The average Bonchev–Trinajstić information content (AvgIpc) is 2.53. The van der Waals surface area contributed by atoms with Gasteiger partial charge in [-0.2, -0.15) is 0 Å². The van der Waals surface area contributed by atoms with Gasteiger partial charge in [-0.25, -0.2) is 8.42 Å². The molecule has 23 heavy (non-hydrogen) atoms. The van der Waals surface area contributed by atoms with Gasteiger partial charge in [0.1, 0.15) is 4.90 Å². The normalized spacial score (nSPS) is 11.6. The zero-order valence-electron chi connectivity index (χ0n) is 12.8. The summed E-state index contributed by atoms with van der Waals surface area (Å²) in [6, 6.07) is 18.3. The van der Waals surface area contributed by atoms with Crippen molar-refractivity contribution in [2.45, 2.75) is 11.8 Å².